The number of rotatable bonds is 4. The maximum Gasteiger partial charge on any atom is 0.133 e. The van der Waals surface area contributed by atoms with Gasteiger partial charge in [0.2, 0.25) is 0 Å². The van der Waals surface area contributed by atoms with Gasteiger partial charge in [0, 0.05) is 12.5 Å². The third kappa shape index (κ3) is 3.17. The molecule has 3 heteroatoms. The van der Waals surface area contributed by atoms with Crippen molar-refractivity contribution in [2.24, 2.45) is 0 Å². The Morgan fingerprint density at radius 3 is 2.79 bits per heavy atom. The van der Waals surface area contributed by atoms with E-state index in [4.69, 9.17) is 4.74 Å². The summed E-state index contributed by atoms with van der Waals surface area (Å²) in [4.78, 5) is 10.6. The molecule has 0 heterocycles. The molecule has 0 aromatic heterocycles. The number of halogens is 1. The molecular weight excluding hydrogens is 183 g/mol. The van der Waals surface area contributed by atoms with Crippen LogP contribution in [0.1, 0.15) is 18.9 Å². The molecule has 1 aromatic rings. The van der Waals surface area contributed by atoms with Gasteiger partial charge in [0.1, 0.15) is 17.3 Å². The second-order valence-corrected chi connectivity index (χ2v) is 3.21. The van der Waals surface area contributed by atoms with Gasteiger partial charge in [-0.05, 0) is 25.5 Å². The van der Waals surface area contributed by atoms with Gasteiger partial charge in [-0.25, -0.2) is 4.39 Å². The lowest BCUT2D eigenvalue weighted by atomic mass is 10.2. The predicted molar refractivity (Wildman–Crippen MR) is 51.9 cm³/mol. The topological polar surface area (TPSA) is 26.3 Å². The summed E-state index contributed by atoms with van der Waals surface area (Å²) >= 11 is 0. The molecule has 0 bridgehead atoms. The van der Waals surface area contributed by atoms with Crippen LogP contribution >= 0.6 is 0 Å². The van der Waals surface area contributed by atoms with Crippen LogP contribution in [-0.2, 0) is 4.79 Å². The van der Waals surface area contributed by atoms with Crippen LogP contribution in [0.3, 0.4) is 0 Å². The van der Waals surface area contributed by atoms with Crippen LogP contribution in [0.25, 0.3) is 0 Å². The van der Waals surface area contributed by atoms with Crippen molar-refractivity contribution in [2.45, 2.75) is 20.3 Å². The minimum absolute atomic E-state index is 0.0672. The standard InChI is InChI=1S/C11H13FO2/c1-8-3-4-10(7-11(8)12)14-6-5-9(2)13/h3-4,7H,5-6H2,1-2H3. The molecule has 0 aliphatic heterocycles. The zero-order valence-corrected chi connectivity index (χ0v) is 8.34. The second kappa shape index (κ2) is 4.74. The lowest BCUT2D eigenvalue weighted by Crippen LogP contribution is -2.02. The van der Waals surface area contributed by atoms with Gasteiger partial charge in [-0.1, -0.05) is 6.07 Å². The predicted octanol–water partition coefficient (Wildman–Crippen LogP) is 2.49. The van der Waals surface area contributed by atoms with E-state index in [9.17, 15) is 9.18 Å². The lowest BCUT2D eigenvalue weighted by Gasteiger charge is -2.05. The highest BCUT2D eigenvalue weighted by Gasteiger charge is 2.00. The summed E-state index contributed by atoms with van der Waals surface area (Å²) in [5, 5.41) is 0. The number of benzene rings is 1. The summed E-state index contributed by atoms with van der Waals surface area (Å²) in [6, 6.07) is 4.67. The van der Waals surface area contributed by atoms with Crippen LogP contribution in [0.4, 0.5) is 4.39 Å². The minimum Gasteiger partial charge on any atom is -0.493 e. The van der Waals surface area contributed by atoms with Gasteiger partial charge < -0.3 is 4.74 Å². The first-order valence-corrected chi connectivity index (χ1v) is 4.48. The van der Waals surface area contributed by atoms with E-state index in [1.165, 1.54) is 13.0 Å². The quantitative estimate of drug-likeness (QED) is 0.739. The molecule has 0 aliphatic rings. The SMILES string of the molecule is CC(=O)CCOc1ccc(C)c(F)c1. The molecule has 0 saturated heterocycles. The molecule has 14 heavy (non-hydrogen) atoms. The fourth-order valence-corrected chi connectivity index (χ4v) is 0.976. The van der Waals surface area contributed by atoms with Crippen molar-refractivity contribution < 1.29 is 13.9 Å². The van der Waals surface area contributed by atoms with Gasteiger partial charge in [0.15, 0.2) is 0 Å². The molecule has 1 rings (SSSR count). The summed E-state index contributed by atoms with van der Waals surface area (Å²) in [5.41, 5.74) is 0.587. The third-order valence-corrected chi connectivity index (χ3v) is 1.87. The van der Waals surface area contributed by atoms with E-state index in [1.807, 2.05) is 0 Å². The fraction of sp³-hybridized carbons (Fsp3) is 0.364. The first-order chi connectivity index (χ1) is 6.59. The first kappa shape index (κ1) is 10.7. The van der Waals surface area contributed by atoms with E-state index >= 15 is 0 Å². The Labute approximate surface area is 82.7 Å². The zero-order chi connectivity index (χ0) is 10.6. The number of hydrogen-bond donors (Lipinski definition) is 0. The van der Waals surface area contributed by atoms with Crippen molar-refractivity contribution in [3.05, 3.63) is 29.6 Å². The van der Waals surface area contributed by atoms with E-state index in [2.05, 4.69) is 0 Å². The largest absolute Gasteiger partial charge is 0.493 e. The van der Waals surface area contributed by atoms with Crippen LogP contribution in [0.15, 0.2) is 18.2 Å². The number of carbonyl (C=O) groups excluding carboxylic acids is 1. The highest BCUT2D eigenvalue weighted by Crippen LogP contribution is 2.15. The lowest BCUT2D eigenvalue weighted by molar-refractivity contribution is -0.117. The summed E-state index contributed by atoms with van der Waals surface area (Å²) in [5.74, 6) is 0.247. The van der Waals surface area contributed by atoms with Gasteiger partial charge in [0.05, 0.1) is 6.61 Å². The molecule has 1 aromatic carbocycles. The third-order valence-electron chi connectivity index (χ3n) is 1.87. The Morgan fingerprint density at radius 1 is 1.50 bits per heavy atom. The van der Waals surface area contributed by atoms with Gasteiger partial charge >= 0.3 is 0 Å². The van der Waals surface area contributed by atoms with Gasteiger partial charge in [-0.3, -0.25) is 4.79 Å². The molecule has 0 amide bonds. The fourth-order valence-electron chi connectivity index (χ4n) is 0.976. The Morgan fingerprint density at radius 2 is 2.21 bits per heavy atom. The molecule has 0 atom stereocenters. The monoisotopic (exact) mass is 196 g/mol. The Bertz CT molecular complexity index is 334. The number of ketones is 1. The Balaban J connectivity index is 2.51. The average Bonchev–Trinajstić information content (AvgIpc) is 2.10. The number of carbonyl (C=O) groups is 1. The van der Waals surface area contributed by atoms with Crippen molar-refractivity contribution in [3.63, 3.8) is 0 Å². The van der Waals surface area contributed by atoms with E-state index in [0.29, 0.717) is 24.3 Å². The molecular formula is C11H13FO2. The van der Waals surface area contributed by atoms with Gasteiger partial charge in [-0.15, -0.1) is 0 Å². The van der Waals surface area contributed by atoms with Crippen LogP contribution in [-0.4, -0.2) is 12.4 Å². The number of hydrogen-bond acceptors (Lipinski definition) is 2. The summed E-state index contributed by atoms with van der Waals surface area (Å²) in [6.07, 6.45) is 0.357. The average molecular weight is 196 g/mol. The maximum absolute atomic E-state index is 13.0. The minimum atomic E-state index is -0.287. The highest BCUT2D eigenvalue weighted by atomic mass is 19.1. The molecule has 0 spiro atoms. The molecule has 0 aliphatic carbocycles. The smallest absolute Gasteiger partial charge is 0.133 e. The maximum atomic E-state index is 13.0. The van der Waals surface area contributed by atoms with E-state index < -0.39 is 0 Å². The molecule has 0 unspecified atom stereocenters. The van der Waals surface area contributed by atoms with Crippen LogP contribution in [0, 0.1) is 12.7 Å². The van der Waals surface area contributed by atoms with Crippen molar-refractivity contribution in [2.75, 3.05) is 6.61 Å². The molecule has 0 saturated carbocycles. The molecule has 2 nitrogen and oxygen atoms in total. The Hall–Kier alpha value is -1.38. The van der Waals surface area contributed by atoms with Crippen LogP contribution < -0.4 is 4.74 Å². The number of ether oxygens (including phenoxy) is 1. The number of Topliss-reactive ketones (excluding diaryl/α,β-unsaturated/α-hetero) is 1. The van der Waals surface area contributed by atoms with Crippen LogP contribution in [0.2, 0.25) is 0 Å². The second-order valence-electron chi connectivity index (χ2n) is 3.21. The van der Waals surface area contributed by atoms with Crippen molar-refractivity contribution >= 4 is 5.78 Å². The van der Waals surface area contributed by atoms with Gasteiger partial charge in [0.25, 0.3) is 0 Å². The van der Waals surface area contributed by atoms with Gasteiger partial charge in [-0.2, -0.15) is 0 Å². The Kier molecular flexibility index (Phi) is 3.63. The molecule has 0 N–H and O–H groups in total. The van der Waals surface area contributed by atoms with Crippen molar-refractivity contribution in [1.29, 1.82) is 0 Å². The van der Waals surface area contributed by atoms with Crippen LogP contribution in [0.5, 0.6) is 5.75 Å². The summed E-state index contributed by atoms with van der Waals surface area (Å²) in [6.45, 7) is 3.49. The highest BCUT2D eigenvalue weighted by molar-refractivity contribution is 5.75. The number of aryl methyl sites for hydroxylation is 1. The normalized spacial score (nSPS) is 9.93. The zero-order valence-electron chi connectivity index (χ0n) is 8.34. The van der Waals surface area contributed by atoms with E-state index in [-0.39, 0.29) is 11.6 Å². The summed E-state index contributed by atoms with van der Waals surface area (Å²) < 4.78 is 18.2. The van der Waals surface area contributed by atoms with Crippen molar-refractivity contribution in [1.82, 2.24) is 0 Å². The first-order valence-electron chi connectivity index (χ1n) is 4.48. The van der Waals surface area contributed by atoms with Crippen molar-refractivity contribution in [3.8, 4) is 5.75 Å². The molecule has 0 radical (unpaired) electrons. The molecule has 0 fully saturated rings. The summed E-state index contributed by atoms with van der Waals surface area (Å²) in [7, 11) is 0. The van der Waals surface area contributed by atoms with E-state index in [0.717, 1.165) is 0 Å². The molecule has 76 valence electrons. The van der Waals surface area contributed by atoms with E-state index in [1.54, 1.807) is 19.1 Å².